The van der Waals surface area contributed by atoms with E-state index in [1.165, 1.54) is 28.0 Å². The summed E-state index contributed by atoms with van der Waals surface area (Å²) < 4.78 is 10.9. The number of para-hydroxylation sites is 1. The number of aromatic nitrogens is 3. The van der Waals surface area contributed by atoms with Crippen molar-refractivity contribution in [3.63, 3.8) is 0 Å². The minimum absolute atomic E-state index is 0.105. The molecule has 1 amide bonds. The highest BCUT2D eigenvalue weighted by Gasteiger charge is 2.19. The highest BCUT2D eigenvalue weighted by atomic mass is 32.2. The van der Waals surface area contributed by atoms with E-state index in [1.807, 2.05) is 31.2 Å². The molecule has 8 nitrogen and oxygen atoms in total. The van der Waals surface area contributed by atoms with Crippen LogP contribution < -0.4 is 4.90 Å². The summed E-state index contributed by atoms with van der Waals surface area (Å²) in [6.07, 6.45) is 0. The number of carbonyl (C=O) groups is 2. The van der Waals surface area contributed by atoms with E-state index >= 15 is 0 Å². The molecule has 0 N–H and O–H groups in total. The van der Waals surface area contributed by atoms with Crippen LogP contribution >= 0.6 is 23.1 Å². The Morgan fingerprint density at radius 2 is 2.11 bits per heavy atom. The van der Waals surface area contributed by atoms with Crippen LogP contribution in [0.15, 0.2) is 28.8 Å². The molecule has 3 rings (SSSR count). The minimum atomic E-state index is -0.464. The lowest BCUT2D eigenvalue weighted by Crippen LogP contribution is -2.34. The molecule has 27 heavy (non-hydrogen) atoms. The molecular weight excluding hydrogens is 388 g/mol. The second-order valence-electron chi connectivity index (χ2n) is 5.49. The van der Waals surface area contributed by atoms with Crippen LogP contribution in [0, 0.1) is 6.92 Å². The van der Waals surface area contributed by atoms with Crippen LogP contribution in [-0.2, 0) is 20.1 Å². The Labute approximate surface area is 163 Å². The van der Waals surface area contributed by atoms with Crippen molar-refractivity contribution < 1.29 is 18.8 Å². The first-order valence-corrected chi connectivity index (χ1v) is 10.2. The maximum atomic E-state index is 12.4. The highest BCUT2D eigenvalue weighted by molar-refractivity contribution is 7.99. The number of esters is 1. The van der Waals surface area contributed by atoms with Gasteiger partial charge in [0.05, 0.1) is 21.7 Å². The molecular formula is C17H18N4O4S2. The first kappa shape index (κ1) is 19.3. The molecule has 0 bridgehead atoms. The highest BCUT2D eigenvalue weighted by Crippen LogP contribution is 2.28. The van der Waals surface area contributed by atoms with Gasteiger partial charge in [0.1, 0.15) is 0 Å². The lowest BCUT2D eigenvalue weighted by Gasteiger charge is -2.17. The third-order valence-electron chi connectivity index (χ3n) is 3.51. The van der Waals surface area contributed by atoms with Crippen LogP contribution in [0.2, 0.25) is 0 Å². The quantitative estimate of drug-likeness (QED) is 0.527. The first-order valence-electron chi connectivity index (χ1n) is 8.25. The zero-order chi connectivity index (χ0) is 19.2. The molecule has 142 valence electrons. The van der Waals surface area contributed by atoms with E-state index in [-0.39, 0.29) is 18.3 Å². The van der Waals surface area contributed by atoms with Crippen molar-refractivity contribution in [1.82, 2.24) is 15.1 Å². The van der Waals surface area contributed by atoms with Crippen LogP contribution in [-0.4, -0.2) is 45.9 Å². The lowest BCUT2D eigenvalue weighted by molar-refractivity contribution is -0.145. The van der Waals surface area contributed by atoms with E-state index in [2.05, 4.69) is 15.1 Å². The molecule has 0 aliphatic carbocycles. The molecule has 1 aromatic carbocycles. The maximum Gasteiger partial charge on any atom is 0.316 e. The third kappa shape index (κ3) is 5.04. The van der Waals surface area contributed by atoms with Gasteiger partial charge in [0.15, 0.2) is 17.6 Å². The topological polar surface area (TPSA) is 98.4 Å². The molecule has 2 heterocycles. The van der Waals surface area contributed by atoms with Crippen molar-refractivity contribution in [3.05, 3.63) is 36.0 Å². The smallest absolute Gasteiger partial charge is 0.316 e. The van der Waals surface area contributed by atoms with Gasteiger partial charge in [-0.15, -0.1) is 11.8 Å². The Morgan fingerprint density at radius 3 is 2.81 bits per heavy atom. The Balaban J connectivity index is 1.48. The zero-order valence-electron chi connectivity index (χ0n) is 14.9. The molecule has 0 unspecified atom stereocenters. The van der Waals surface area contributed by atoms with E-state index in [0.717, 1.165) is 10.2 Å². The lowest BCUT2D eigenvalue weighted by atomic mass is 10.3. The van der Waals surface area contributed by atoms with Gasteiger partial charge in [0, 0.05) is 13.5 Å². The van der Waals surface area contributed by atoms with Gasteiger partial charge in [-0.1, -0.05) is 28.6 Å². The van der Waals surface area contributed by atoms with E-state index in [4.69, 9.17) is 9.26 Å². The number of rotatable bonds is 8. The van der Waals surface area contributed by atoms with Crippen LogP contribution in [0.5, 0.6) is 0 Å². The standard InChI is InChI=1S/C17H18N4O4S2/c1-3-21(17-19-12-6-4-5-7-13(12)27-17)15(22)8-24-16(23)10-26-9-14-18-11(2)25-20-14/h4-7H,3,8-10H2,1-2H3. The average Bonchev–Trinajstić information content (AvgIpc) is 3.26. The fraction of sp³-hybridized carbons (Fsp3) is 0.353. The SMILES string of the molecule is CCN(C(=O)COC(=O)CSCc1noc(C)n1)c1nc2ccccc2s1. The Kier molecular flexibility index (Phi) is 6.40. The number of thioether (sulfide) groups is 1. The fourth-order valence-corrected chi connectivity index (χ4v) is 3.98. The van der Waals surface area contributed by atoms with Crippen molar-refractivity contribution in [2.75, 3.05) is 23.8 Å². The van der Waals surface area contributed by atoms with Crippen LogP contribution in [0.3, 0.4) is 0 Å². The predicted octanol–water partition coefficient (Wildman–Crippen LogP) is 2.82. The Bertz CT molecular complexity index is 907. The number of amides is 1. The summed E-state index contributed by atoms with van der Waals surface area (Å²) in [6.45, 7) is 3.69. The predicted molar refractivity (Wildman–Crippen MR) is 104 cm³/mol. The summed E-state index contributed by atoms with van der Waals surface area (Å²) in [6, 6.07) is 7.68. The summed E-state index contributed by atoms with van der Waals surface area (Å²) in [5.41, 5.74) is 0.842. The van der Waals surface area contributed by atoms with Gasteiger partial charge in [0.2, 0.25) is 5.89 Å². The summed E-state index contributed by atoms with van der Waals surface area (Å²) in [5, 5.41) is 4.35. The molecule has 2 aromatic heterocycles. The number of carbonyl (C=O) groups excluding carboxylic acids is 2. The van der Waals surface area contributed by atoms with E-state index < -0.39 is 5.97 Å². The Hall–Kier alpha value is -2.46. The van der Waals surface area contributed by atoms with Gasteiger partial charge in [-0.25, -0.2) is 4.98 Å². The average molecular weight is 406 g/mol. The molecule has 0 aliphatic rings. The molecule has 0 spiro atoms. The number of fused-ring (bicyclic) bond motifs is 1. The van der Waals surface area contributed by atoms with Crippen molar-refractivity contribution >= 4 is 50.3 Å². The third-order valence-corrected chi connectivity index (χ3v) is 5.47. The molecule has 0 saturated carbocycles. The molecule has 0 radical (unpaired) electrons. The van der Waals surface area contributed by atoms with Crippen molar-refractivity contribution in [2.45, 2.75) is 19.6 Å². The molecule has 0 fully saturated rings. The monoisotopic (exact) mass is 406 g/mol. The number of likely N-dealkylation sites (N-methyl/N-ethyl adjacent to an activating group) is 1. The normalized spacial score (nSPS) is 10.9. The zero-order valence-corrected chi connectivity index (χ0v) is 16.5. The van der Waals surface area contributed by atoms with Crippen LogP contribution in [0.4, 0.5) is 5.13 Å². The van der Waals surface area contributed by atoms with Gasteiger partial charge in [0.25, 0.3) is 5.91 Å². The Morgan fingerprint density at radius 1 is 1.30 bits per heavy atom. The first-order chi connectivity index (χ1) is 13.1. The molecule has 0 atom stereocenters. The van der Waals surface area contributed by atoms with Gasteiger partial charge < -0.3 is 9.26 Å². The van der Waals surface area contributed by atoms with E-state index in [1.54, 1.807) is 6.92 Å². The minimum Gasteiger partial charge on any atom is -0.455 e. The van der Waals surface area contributed by atoms with Crippen molar-refractivity contribution in [3.8, 4) is 0 Å². The van der Waals surface area contributed by atoms with Crippen LogP contribution in [0.25, 0.3) is 10.2 Å². The molecule has 3 aromatic rings. The van der Waals surface area contributed by atoms with Gasteiger partial charge >= 0.3 is 5.97 Å². The van der Waals surface area contributed by atoms with Crippen molar-refractivity contribution in [1.29, 1.82) is 0 Å². The number of hydrogen-bond donors (Lipinski definition) is 0. The summed E-state index contributed by atoms with van der Waals surface area (Å²) in [5.74, 6) is 0.779. The summed E-state index contributed by atoms with van der Waals surface area (Å²) >= 11 is 2.73. The maximum absolute atomic E-state index is 12.4. The molecule has 0 saturated heterocycles. The largest absolute Gasteiger partial charge is 0.455 e. The number of thiazole rings is 1. The van der Waals surface area contributed by atoms with Gasteiger partial charge in [-0.05, 0) is 19.1 Å². The number of benzene rings is 1. The number of aryl methyl sites for hydroxylation is 1. The fourth-order valence-electron chi connectivity index (χ4n) is 2.28. The summed E-state index contributed by atoms with van der Waals surface area (Å²) in [4.78, 5) is 34.3. The van der Waals surface area contributed by atoms with E-state index in [0.29, 0.717) is 29.1 Å². The second kappa shape index (κ2) is 8.96. The summed E-state index contributed by atoms with van der Waals surface area (Å²) in [7, 11) is 0. The molecule has 0 aliphatic heterocycles. The van der Waals surface area contributed by atoms with Crippen LogP contribution in [0.1, 0.15) is 18.6 Å². The number of hydrogen-bond acceptors (Lipinski definition) is 9. The number of ether oxygens (including phenoxy) is 1. The number of nitrogens with zero attached hydrogens (tertiary/aromatic N) is 4. The van der Waals surface area contributed by atoms with Crippen molar-refractivity contribution in [2.24, 2.45) is 0 Å². The second-order valence-corrected chi connectivity index (χ2v) is 7.48. The van der Waals surface area contributed by atoms with Gasteiger partial charge in [-0.2, -0.15) is 4.98 Å². The number of anilines is 1. The molecule has 10 heteroatoms. The van der Waals surface area contributed by atoms with E-state index in [9.17, 15) is 9.59 Å². The van der Waals surface area contributed by atoms with Gasteiger partial charge in [-0.3, -0.25) is 14.5 Å².